The standard InChI is InChI=1S/C17H18O3S/c1-11-7-12(2)9-13(8-11)20-17(18)15-6-5-14(21-4)10-16(15)19-3/h5-10H,1-4H3. The van der Waals surface area contributed by atoms with E-state index >= 15 is 0 Å². The van der Waals surface area contributed by atoms with Gasteiger partial charge in [-0.2, -0.15) is 0 Å². The monoisotopic (exact) mass is 302 g/mol. The van der Waals surface area contributed by atoms with Crippen molar-refractivity contribution >= 4 is 17.7 Å². The molecule has 110 valence electrons. The lowest BCUT2D eigenvalue weighted by Gasteiger charge is -2.10. The van der Waals surface area contributed by atoms with E-state index in [1.54, 1.807) is 24.9 Å². The van der Waals surface area contributed by atoms with E-state index in [4.69, 9.17) is 9.47 Å². The van der Waals surface area contributed by atoms with E-state index in [0.717, 1.165) is 16.0 Å². The first-order valence-electron chi connectivity index (χ1n) is 6.56. The predicted molar refractivity (Wildman–Crippen MR) is 85.6 cm³/mol. The Balaban J connectivity index is 2.27. The number of ether oxygens (including phenoxy) is 2. The smallest absolute Gasteiger partial charge is 0.347 e. The van der Waals surface area contributed by atoms with E-state index in [9.17, 15) is 4.79 Å². The summed E-state index contributed by atoms with van der Waals surface area (Å²) in [5.41, 5.74) is 2.54. The van der Waals surface area contributed by atoms with Gasteiger partial charge in [0, 0.05) is 4.90 Å². The summed E-state index contributed by atoms with van der Waals surface area (Å²) in [6.45, 7) is 3.94. The molecular formula is C17H18O3S. The van der Waals surface area contributed by atoms with Gasteiger partial charge in [0.1, 0.15) is 17.1 Å². The Morgan fingerprint density at radius 3 is 2.29 bits per heavy atom. The number of esters is 1. The van der Waals surface area contributed by atoms with E-state index in [2.05, 4.69) is 0 Å². The fourth-order valence-electron chi connectivity index (χ4n) is 2.12. The van der Waals surface area contributed by atoms with Crippen LogP contribution in [0, 0.1) is 13.8 Å². The van der Waals surface area contributed by atoms with Crippen molar-refractivity contribution in [1.29, 1.82) is 0 Å². The first-order chi connectivity index (χ1) is 10.0. The molecule has 21 heavy (non-hydrogen) atoms. The molecular weight excluding hydrogens is 284 g/mol. The average Bonchev–Trinajstić information content (AvgIpc) is 2.45. The zero-order valence-electron chi connectivity index (χ0n) is 12.6. The van der Waals surface area contributed by atoms with Gasteiger partial charge in [0.25, 0.3) is 0 Å². The summed E-state index contributed by atoms with van der Waals surface area (Å²) in [7, 11) is 1.55. The van der Waals surface area contributed by atoms with Gasteiger partial charge in [-0.3, -0.25) is 0 Å². The van der Waals surface area contributed by atoms with Crippen LogP contribution in [-0.4, -0.2) is 19.3 Å². The third kappa shape index (κ3) is 3.79. The molecule has 2 rings (SSSR count). The molecule has 0 saturated carbocycles. The van der Waals surface area contributed by atoms with Crippen molar-refractivity contribution in [2.45, 2.75) is 18.7 Å². The lowest BCUT2D eigenvalue weighted by Crippen LogP contribution is -2.10. The van der Waals surface area contributed by atoms with Crippen LogP contribution in [0.4, 0.5) is 0 Å². The number of methoxy groups -OCH3 is 1. The van der Waals surface area contributed by atoms with E-state index in [0.29, 0.717) is 17.1 Å². The van der Waals surface area contributed by atoms with Crippen molar-refractivity contribution < 1.29 is 14.3 Å². The molecule has 0 bridgehead atoms. The Labute approximate surface area is 129 Å². The molecule has 4 heteroatoms. The lowest BCUT2D eigenvalue weighted by molar-refractivity contribution is 0.0731. The zero-order valence-corrected chi connectivity index (χ0v) is 13.4. The highest BCUT2D eigenvalue weighted by atomic mass is 32.2. The molecule has 0 radical (unpaired) electrons. The van der Waals surface area contributed by atoms with Crippen molar-refractivity contribution in [3.05, 3.63) is 53.1 Å². The summed E-state index contributed by atoms with van der Waals surface area (Å²) in [6.07, 6.45) is 1.97. The molecule has 0 fully saturated rings. The number of carbonyl (C=O) groups is 1. The topological polar surface area (TPSA) is 35.5 Å². The molecule has 0 N–H and O–H groups in total. The quantitative estimate of drug-likeness (QED) is 0.480. The first-order valence-corrected chi connectivity index (χ1v) is 7.78. The molecule has 0 spiro atoms. The minimum Gasteiger partial charge on any atom is -0.496 e. The second kappa shape index (κ2) is 6.68. The lowest BCUT2D eigenvalue weighted by atomic mass is 10.1. The molecule has 0 saturated heterocycles. The van der Waals surface area contributed by atoms with Crippen LogP contribution < -0.4 is 9.47 Å². The second-order valence-corrected chi connectivity index (χ2v) is 5.66. The normalized spacial score (nSPS) is 10.3. The average molecular weight is 302 g/mol. The number of thioether (sulfide) groups is 1. The zero-order chi connectivity index (χ0) is 15.4. The molecule has 0 heterocycles. The Kier molecular flexibility index (Phi) is 4.91. The van der Waals surface area contributed by atoms with Gasteiger partial charge in [-0.1, -0.05) is 6.07 Å². The fraction of sp³-hybridized carbons (Fsp3) is 0.235. The van der Waals surface area contributed by atoms with Gasteiger partial charge in [0.2, 0.25) is 0 Å². The highest BCUT2D eigenvalue weighted by molar-refractivity contribution is 7.98. The minimum absolute atomic E-state index is 0.412. The maximum Gasteiger partial charge on any atom is 0.347 e. The van der Waals surface area contributed by atoms with Crippen LogP contribution >= 0.6 is 11.8 Å². The van der Waals surface area contributed by atoms with Crippen LogP contribution in [0.25, 0.3) is 0 Å². The molecule has 0 aliphatic carbocycles. The van der Waals surface area contributed by atoms with Crippen molar-refractivity contribution in [3.63, 3.8) is 0 Å². The summed E-state index contributed by atoms with van der Waals surface area (Å²) < 4.78 is 10.7. The van der Waals surface area contributed by atoms with Crippen LogP contribution in [-0.2, 0) is 0 Å². The van der Waals surface area contributed by atoms with E-state index in [-0.39, 0.29) is 0 Å². The summed E-state index contributed by atoms with van der Waals surface area (Å²) >= 11 is 1.59. The minimum atomic E-state index is -0.412. The summed E-state index contributed by atoms with van der Waals surface area (Å²) in [4.78, 5) is 13.3. The van der Waals surface area contributed by atoms with Gasteiger partial charge in [0.15, 0.2) is 0 Å². The molecule has 0 aromatic heterocycles. The van der Waals surface area contributed by atoms with Gasteiger partial charge in [-0.15, -0.1) is 11.8 Å². The van der Waals surface area contributed by atoms with Crippen molar-refractivity contribution in [2.75, 3.05) is 13.4 Å². The molecule has 0 unspecified atom stereocenters. The Morgan fingerprint density at radius 2 is 1.71 bits per heavy atom. The van der Waals surface area contributed by atoms with Gasteiger partial charge in [0.05, 0.1) is 7.11 Å². The number of hydrogen-bond acceptors (Lipinski definition) is 4. The van der Waals surface area contributed by atoms with E-state index in [1.165, 1.54) is 0 Å². The van der Waals surface area contributed by atoms with Gasteiger partial charge in [-0.25, -0.2) is 4.79 Å². The molecule has 2 aromatic carbocycles. The van der Waals surface area contributed by atoms with Crippen LogP contribution in [0.3, 0.4) is 0 Å². The largest absolute Gasteiger partial charge is 0.496 e. The number of carbonyl (C=O) groups excluding carboxylic acids is 1. The Morgan fingerprint density at radius 1 is 1.05 bits per heavy atom. The Bertz CT molecular complexity index is 645. The predicted octanol–water partition coefficient (Wildman–Crippen LogP) is 4.25. The first kappa shape index (κ1) is 15.4. The van der Waals surface area contributed by atoms with Crippen LogP contribution in [0.15, 0.2) is 41.3 Å². The molecule has 0 aliphatic heterocycles. The maximum absolute atomic E-state index is 12.3. The van der Waals surface area contributed by atoms with Gasteiger partial charge >= 0.3 is 5.97 Å². The van der Waals surface area contributed by atoms with Crippen molar-refractivity contribution in [3.8, 4) is 11.5 Å². The summed E-state index contributed by atoms with van der Waals surface area (Å²) in [5, 5.41) is 0. The maximum atomic E-state index is 12.3. The van der Waals surface area contributed by atoms with Gasteiger partial charge in [-0.05, 0) is 61.6 Å². The van der Waals surface area contributed by atoms with Crippen LogP contribution in [0.2, 0.25) is 0 Å². The highest BCUT2D eigenvalue weighted by Crippen LogP contribution is 2.27. The molecule has 3 nitrogen and oxygen atoms in total. The number of benzene rings is 2. The highest BCUT2D eigenvalue weighted by Gasteiger charge is 2.15. The van der Waals surface area contributed by atoms with E-state index in [1.807, 2.05) is 50.4 Å². The Hall–Kier alpha value is -1.94. The second-order valence-electron chi connectivity index (χ2n) is 4.78. The SMILES string of the molecule is COc1cc(SC)ccc1C(=O)Oc1cc(C)cc(C)c1. The third-order valence-corrected chi connectivity index (χ3v) is 3.76. The fourth-order valence-corrected chi connectivity index (χ4v) is 2.55. The number of hydrogen-bond donors (Lipinski definition) is 0. The van der Waals surface area contributed by atoms with Crippen molar-refractivity contribution in [1.82, 2.24) is 0 Å². The van der Waals surface area contributed by atoms with Gasteiger partial charge < -0.3 is 9.47 Å². The molecule has 2 aromatic rings. The third-order valence-electron chi connectivity index (χ3n) is 3.03. The van der Waals surface area contributed by atoms with E-state index < -0.39 is 5.97 Å². The molecule has 0 amide bonds. The summed E-state index contributed by atoms with van der Waals surface area (Å²) in [5.74, 6) is 0.661. The number of rotatable bonds is 4. The number of aryl methyl sites for hydroxylation is 2. The van der Waals surface area contributed by atoms with Crippen molar-refractivity contribution in [2.24, 2.45) is 0 Å². The molecule has 0 aliphatic rings. The van der Waals surface area contributed by atoms with Crippen LogP contribution in [0.5, 0.6) is 11.5 Å². The molecule has 0 atom stereocenters. The van der Waals surface area contributed by atoms with Crippen LogP contribution in [0.1, 0.15) is 21.5 Å². The summed E-state index contributed by atoms with van der Waals surface area (Å²) in [6, 6.07) is 11.2.